The summed E-state index contributed by atoms with van der Waals surface area (Å²) in [5.74, 6) is 0.120. The van der Waals surface area contributed by atoms with E-state index in [2.05, 4.69) is 11.1 Å². The van der Waals surface area contributed by atoms with E-state index in [9.17, 15) is 4.79 Å². The number of nitrogens with zero attached hydrogens (tertiary/aromatic N) is 2. The molecule has 0 saturated carbocycles. The lowest BCUT2D eigenvalue weighted by molar-refractivity contribution is 0.0735. The monoisotopic (exact) mass is 344 g/mol. The van der Waals surface area contributed by atoms with Crippen molar-refractivity contribution < 1.29 is 9.53 Å². The van der Waals surface area contributed by atoms with Crippen molar-refractivity contribution in [2.75, 3.05) is 19.0 Å². The van der Waals surface area contributed by atoms with Gasteiger partial charge >= 0.3 is 5.97 Å². The summed E-state index contributed by atoms with van der Waals surface area (Å²) in [5.41, 5.74) is 3.46. The molecule has 0 heterocycles. The van der Waals surface area contributed by atoms with Gasteiger partial charge in [-0.05, 0) is 54.1 Å². The lowest BCUT2D eigenvalue weighted by Crippen LogP contribution is -2.08. The lowest BCUT2D eigenvalue weighted by atomic mass is 10.2. The molecule has 0 unspecified atom stereocenters. The summed E-state index contributed by atoms with van der Waals surface area (Å²) in [7, 11) is 4.01. The molecule has 0 N–H and O–H groups in total. The number of hydrogen-bond donors (Lipinski definition) is 0. The van der Waals surface area contributed by atoms with E-state index in [1.54, 1.807) is 36.4 Å². The molecule has 0 saturated heterocycles. The van der Waals surface area contributed by atoms with E-state index in [0.717, 1.165) is 16.9 Å². The van der Waals surface area contributed by atoms with Gasteiger partial charge in [-0.1, -0.05) is 30.3 Å². The van der Waals surface area contributed by atoms with Crippen LogP contribution < -0.4 is 9.64 Å². The molecular formula is C22H20N2O2. The summed E-state index contributed by atoms with van der Waals surface area (Å²) >= 11 is 0. The van der Waals surface area contributed by atoms with Gasteiger partial charge in [-0.3, -0.25) is 4.99 Å². The number of carbonyl (C=O) groups is 1. The number of benzene rings is 3. The molecule has 130 valence electrons. The minimum atomic E-state index is -0.373. The van der Waals surface area contributed by atoms with Crippen LogP contribution in [0.4, 0.5) is 11.4 Å². The molecule has 0 aliphatic carbocycles. The van der Waals surface area contributed by atoms with Crippen LogP contribution in [0.3, 0.4) is 0 Å². The van der Waals surface area contributed by atoms with Gasteiger partial charge in [0.05, 0.1) is 11.3 Å². The predicted octanol–water partition coefficient (Wildman–Crippen LogP) is 4.72. The number of aliphatic imine (C=N–C) groups is 1. The maximum atomic E-state index is 12.0. The first-order chi connectivity index (χ1) is 12.6. The average Bonchev–Trinajstić information content (AvgIpc) is 2.68. The second-order valence-corrected chi connectivity index (χ2v) is 6.00. The van der Waals surface area contributed by atoms with E-state index in [1.807, 2.05) is 61.6 Å². The summed E-state index contributed by atoms with van der Waals surface area (Å²) < 4.78 is 5.36. The zero-order chi connectivity index (χ0) is 18.4. The smallest absolute Gasteiger partial charge is 0.343 e. The highest BCUT2D eigenvalue weighted by Crippen LogP contribution is 2.20. The topological polar surface area (TPSA) is 41.9 Å². The van der Waals surface area contributed by atoms with Gasteiger partial charge in [0, 0.05) is 26.0 Å². The van der Waals surface area contributed by atoms with Gasteiger partial charge in [-0.2, -0.15) is 0 Å². The van der Waals surface area contributed by atoms with Gasteiger partial charge in [0.1, 0.15) is 5.75 Å². The molecule has 0 bridgehead atoms. The largest absolute Gasteiger partial charge is 0.423 e. The Morgan fingerprint density at radius 3 is 2.35 bits per heavy atom. The first-order valence-corrected chi connectivity index (χ1v) is 8.30. The van der Waals surface area contributed by atoms with E-state index < -0.39 is 0 Å². The predicted molar refractivity (Wildman–Crippen MR) is 106 cm³/mol. The molecule has 0 aliphatic heterocycles. The van der Waals surface area contributed by atoms with Crippen molar-refractivity contribution in [2.45, 2.75) is 0 Å². The first kappa shape index (κ1) is 17.4. The van der Waals surface area contributed by atoms with E-state index in [4.69, 9.17) is 4.74 Å². The Kier molecular flexibility index (Phi) is 5.44. The second kappa shape index (κ2) is 8.12. The summed E-state index contributed by atoms with van der Waals surface area (Å²) in [5, 5.41) is 0. The van der Waals surface area contributed by atoms with Gasteiger partial charge in [0.2, 0.25) is 0 Å². The Morgan fingerprint density at radius 1 is 0.923 bits per heavy atom. The van der Waals surface area contributed by atoms with Crippen molar-refractivity contribution in [3.63, 3.8) is 0 Å². The fourth-order valence-corrected chi connectivity index (χ4v) is 2.37. The van der Waals surface area contributed by atoms with E-state index in [-0.39, 0.29) is 5.97 Å². The lowest BCUT2D eigenvalue weighted by Gasteiger charge is -2.12. The Morgan fingerprint density at radius 2 is 1.65 bits per heavy atom. The Labute approximate surface area is 153 Å². The molecule has 0 spiro atoms. The van der Waals surface area contributed by atoms with Gasteiger partial charge in [-0.25, -0.2) is 4.79 Å². The number of esters is 1. The number of hydrogen-bond acceptors (Lipinski definition) is 4. The summed E-state index contributed by atoms with van der Waals surface area (Å²) in [6.45, 7) is 0. The molecule has 26 heavy (non-hydrogen) atoms. The maximum absolute atomic E-state index is 12.0. The molecule has 0 amide bonds. The van der Waals surface area contributed by atoms with Crippen molar-refractivity contribution >= 4 is 23.6 Å². The minimum absolute atomic E-state index is 0.373. The number of ether oxygens (including phenoxy) is 1. The molecule has 3 aromatic rings. The highest BCUT2D eigenvalue weighted by atomic mass is 16.5. The Hall–Kier alpha value is -3.40. The summed E-state index contributed by atoms with van der Waals surface area (Å²) in [6, 6.07) is 24.2. The Bertz CT molecular complexity index is 901. The van der Waals surface area contributed by atoms with E-state index in [0.29, 0.717) is 11.3 Å². The normalized spacial score (nSPS) is 10.7. The van der Waals surface area contributed by atoms with Crippen LogP contribution in [0.5, 0.6) is 5.75 Å². The molecule has 3 rings (SSSR count). The van der Waals surface area contributed by atoms with E-state index >= 15 is 0 Å². The third kappa shape index (κ3) is 4.57. The molecule has 4 heteroatoms. The van der Waals surface area contributed by atoms with Gasteiger partial charge in [0.15, 0.2) is 0 Å². The van der Waals surface area contributed by atoms with Crippen LogP contribution in [0.15, 0.2) is 83.9 Å². The average molecular weight is 344 g/mol. The van der Waals surface area contributed by atoms with Crippen molar-refractivity contribution in [3.8, 4) is 5.75 Å². The zero-order valence-corrected chi connectivity index (χ0v) is 14.8. The van der Waals surface area contributed by atoms with Crippen LogP contribution in [0.1, 0.15) is 15.9 Å². The van der Waals surface area contributed by atoms with Crippen molar-refractivity contribution in [2.24, 2.45) is 4.99 Å². The molecule has 3 aromatic carbocycles. The fourth-order valence-electron chi connectivity index (χ4n) is 2.37. The SMILES string of the molecule is CN(C)c1cccc(C=Nc2ccc(OC(=O)c3ccccc3)cc2)c1. The number of anilines is 1. The molecule has 4 nitrogen and oxygen atoms in total. The van der Waals surface area contributed by atoms with Crippen LogP contribution in [0, 0.1) is 0 Å². The summed E-state index contributed by atoms with van der Waals surface area (Å²) in [4.78, 5) is 18.6. The zero-order valence-electron chi connectivity index (χ0n) is 14.8. The molecule has 0 aromatic heterocycles. The molecular weight excluding hydrogens is 324 g/mol. The van der Waals surface area contributed by atoms with Crippen molar-refractivity contribution in [3.05, 3.63) is 90.0 Å². The number of rotatable bonds is 5. The third-order valence-corrected chi connectivity index (χ3v) is 3.81. The second-order valence-electron chi connectivity index (χ2n) is 6.00. The number of carbonyl (C=O) groups excluding carboxylic acids is 1. The van der Waals surface area contributed by atoms with Crippen LogP contribution in [0.2, 0.25) is 0 Å². The van der Waals surface area contributed by atoms with Crippen LogP contribution in [0.25, 0.3) is 0 Å². The first-order valence-electron chi connectivity index (χ1n) is 8.30. The highest BCUT2D eigenvalue weighted by Gasteiger charge is 2.07. The highest BCUT2D eigenvalue weighted by molar-refractivity contribution is 5.91. The third-order valence-electron chi connectivity index (χ3n) is 3.81. The van der Waals surface area contributed by atoms with Crippen LogP contribution >= 0.6 is 0 Å². The van der Waals surface area contributed by atoms with Crippen LogP contribution in [-0.2, 0) is 0 Å². The van der Waals surface area contributed by atoms with E-state index in [1.165, 1.54) is 0 Å². The van der Waals surface area contributed by atoms with Gasteiger partial charge < -0.3 is 9.64 Å². The maximum Gasteiger partial charge on any atom is 0.343 e. The van der Waals surface area contributed by atoms with Crippen molar-refractivity contribution in [1.82, 2.24) is 0 Å². The molecule has 0 fully saturated rings. The minimum Gasteiger partial charge on any atom is -0.423 e. The standard InChI is InChI=1S/C22H20N2O2/c1-24(2)20-10-6-7-17(15-20)16-23-19-11-13-21(14-12-19)26-22(25)18-8-4-3-5-9-18/h3-16H,1-2H3. The fraction of sp³-hybridized carbons (Fsp3) is 0.0909. The van der Waals surface area contributed by atoms with Crippen molar-refractivity contribution in [1.29, 1.82) is 0 Å². The molecule has 0 radical (unpaired) electrons. The quantitative estimate of drug-likeness (QED) is 0.382. The van der Waals surface area contributed by atoms with Gasteiger partial charge in [-0.15, -0.1) is 0 Å². The molecule has 0 atom stereocenters. The summed E-state index contributed by atoms with van der Waals surface area (Å²) in [6.07, 6.45) is 1.82. The van der Waals surface area contributed by atoms with Gasteiger partial charge in [0.25, 0.3) is 0 Å². The van der Waals surface area contributed by atoms with Crippen LogP contribution in [-0.4, -0.2) is 26.3 Å². The Balaban J connectivity index is 1.66. The molecule has 0 aliphatic rings.